The summed E-state index contributed by atoms with van der Waals surface area (Å²) in [5.74, 6) is 5.54. The van der Waals surface area contributed by atoms with Gasteiger partial charge in [-0.25, -0.2) is 3.96 Å². The summed E-state index contributed by atoms with van der Waals surface area (Å²) >= 11 is 1.44. The van der Waals surface area contributed by atoms with Crippen molar-refractivity contribution in [2.45, 2.75) is 6.92 Å². The lowest BCUT2D eigenvalue weighted by atomic mass is 10.1. The normalized spacial score (nSPS) is 10.4. The highest BCUT2D eigenvalue weighted by molar-refractivity contribution is 7.14. The Morgan fingerprint density at radius 1 is 1.24 bits per heavy atom. The number of benzene rings is 2. The Hall–Kier alpha value is -2.35. The summed E-state index contributed by atoms with van der Waals surface area (Å²) in [4.78, 5) is 12.4. The molecule has 0 radical (unpaired) electrons. The molecule has 0 saturated heterocycles. The fraction of sp³-hybridized carbons (Fsp3) is 0.118. The molecule has 0 saturated carbocycles. The molecule has 3 nitrogen and oxygen atoms in total. The molecule has 0 aliphatic heterocycles. The van der Waals surface area contributed by atoms with Gasteiger partial charge in [-0.3, -0.25) is 4.79 Å². The number of aliphatic hydroxyl groups is 1. The molecule has 1 N–H and O–H groups in total. The molecule has 3 aromatic rings. The minimum atomic E-state index is -0.156. The Morgan fingerprint density at radius 3 is 2.76 bits per heavy atom. The van der Waals surface area contributed by atoms with E-state index in [0.29, 0.717) is 0 Å². The van der Waals surface area contributed by atoms with Crippen LogP contribution in [0.4, 0.5) is 0 Å². The smallest absolute Gasteiger partial charge is 0.273 e. The van der Waals surface area contributed by atoms with Crippen LogP contribution in [0.25, 0.3) is 15.8 Å². The molecule has 1 aromatic heterocycles. The van der Waals surface area contributed by atoms with Gasteiger partial charge in [0.05, 0.1) is 15.8 Å². The second kappa shape index (κ2) is 5.57. The van der Waals surface area contributed by atoms with Crippen molar-refractivity contribution in [3.63, 3.8) is 0 Å². The van der Waals surface area contributed by atoms with Gasteiger partial charge in [0.1, 0.15) is 6.61 Å². The summed E-state index contributed by atoms with van der Waals surface area (Å²) in [7, 11) is 0. The third-order valence-electron chi connectivity index (χ3n) is 3.24. The lowest BCUT2D eigenvalue weighted by Gasteiger charge is -2.03. The van der Waals surface area contributed by atoms with Crippen molar-refractivity contribution in [2.24, 2.45) is 0 Å². The SMILES string of the molecule is Cc1cc(-n2sc3ccccc3c2=O)ccc1C#CCO. The van der Waals surface area contributed by atoms with E-state index in [2.05, 4.69) is 11.8 Å². The van der Waals surface area contributed by atoms with Crippen molar-refractivity contribution >= 4 is 21.6 Å². The summed E-state index contributed by atoms with van der Waals surface area (Å²) < 4.78 is 2.67. The minimum absolute atomic E-state index is 0.00388. The van der Waals surface area contributed by atoms with Crippen LogP contribution in [0.3, 0.4) is 0 Å². The number of rotatable bonds is 1. The lowest BCUT2D eigenvalue weighted by molar-refractivity contribution is 0.350. The number of aromatic nitrogens is 1. The number of aryl methyl sites for hydroxylation is 1. The first kappa shape index (κ1) is 13.6. The van der Waals surface area contributed by atoms with E-state index in [0.717, 1.165) is 26.9 Å². The van der Waals surface area contributed by atoms with Gasteiger partial charge in [0.15, 0.2) is 0 Å². The number of hydrogen-bond acceptors (Lipinski definition) is 3. The number of nitrogens with zero attached hydrogens (tertiary/aromatic N) is 1. The molecule has 0 fully saturated rings. The van der Waals surface area contributed by atoms with E-state index in [4.69, 9.17) is 5.11 Å². The largest absolute Gasteiger partial charge is 0.384 e. The molecule has 0 atom stereocenters. The maximum Gasteiger partial charge on any atom is 0.273 e. The molecule has 4 heteroatoms. The van der Waals surface area contributed by atoms with Crippen LogP contribution in [0.2, 0.25) is 0 Å². The Kier molecular flexibility index (Phi) is 3.61. The van der Waals surface area contributed by atoms with E-state index in [1.165, 1.54) is 11.5 Å². The fourth-order valence-electron chi connectivity index (χ4n) is 2.19. The Labute approximate surface area is 126 Å². The van der Waals surface area contributed by atoms with Gasteiger partial charge in [-0.2, -0.15) is 0 Å². The van der Waals surface area contributed by atoms with Gasteiger partial charge in [0.25, 0.3) is 5.56 Å². The monoisotopic (exact) mass is 295 g/mol. The van der Waals surface area contributed by atoms with E-state index in [1.807, 2.05) is 49.4 Å². The standard InChI is InChI=1S/C17H13NO2S/c1-12-11-14(9-8-13(12)5-4-10-19)18-17(20)15-6-2-3-7-16(15)21-18/h2-3,6-9,11,19H,10H2,1H3. The highest BCUT2D eigenvalue weighted by Gasteiger charge is 2.09. The van der Waals surface area contributed by atoms with Gasteiger partial charge in [-0.1, -0.05) is 35.5 Å². The van der Waals surface area contributed by atoms with Gasteiger partial charge in [-0.05, 0) is 42.8 Å². The van der Waals surface area contributed by atoms with Crippen LogP contribution >= 0.6 is 11.5 Å². The molecular weight excluding hydrogens is 282 g/mol. The van der Waals surface area contributed by atoms with Crippen LogP contribution in [0.1, 0.15) is 11.1 Å². The van der Waals surface area contributed by atoms with Crippen molar-refractivity contribution in [3.05, 3.63) is 63.9 Å². The second-order valence-corrected chi connectivity index (χ2v) is 5.63. The molecule has 0 aliphatic rings. The zero-order valence-electron chi connectivity index (χ0n) is 11.5. The topological polar surface area (TPSA) is 42.2 Å². The molecule has 104 valence electrons. The molecule has 0 spiro atoms. The molecule has 3 rings (SSSR count). The molecule has 21 heavy (non-hydrogen) atoms. The van der Waals surface area contributed by atoms with Crippen LogP contribution in [0.15, 0.2) is 47.3 Å². The molecule has 2 aromatic carbocycles. The predicted octanol–water partition coefficient (Wildman–Crippen LogP) is 2.70. The van der Waals surface area contributed by atoms with Crippen LogP contribution < -0.4 is 5.56 Å². The van der Waals surface area contributed by atoms with Crippen molar-refractivity contribution in [2.75, 3.05) is 6.61 Å². The molecule has 0 bridgehead atoms. The Morgan fingerprint density at radius 2 is 2.05 bits per heavy atom. The van der Waals surface area contributed by atoms with Crippen molar-refractivity contribution < 1.29 is 5.11 Å². The number of aliphatic hydroxyl groups excluding tert-OH is 1. The van der Waals surface area contributed by atoms with E-state index < -0.39 is 0 Å². The Balaban J connectivity index is 2.13. The minimum Gasteiger partial charge on any atom is -0.384 e. The highest BCUT2D eigenvalue weighted by Crippen LogP contribution is 2.21. The third-order valence-corrected chi connectivity index (χ3v) is 4.35. The van der Waals surface area contributed by atoms with Crippen LogP contribution in [-0.2, 0) is 0 Å². The first-order chi connectivity index (χ1) is 10.2. The summed E-state index contributed by atoms with van der Waals surface area (Å²) in [5.41, 5.74) is 2.69. The van der Waals surface area contributed by atoms with E-state index in [9.17, 15) is 4.79 Å². The highest BCUT2D eigenvalue weighted by atomic mass is 32.1. The van der Waals surface area contributed by atoms with Crippen LogP contribution in [0.5, 0.6) is 0 Å². The molecule has 0 unspecified atom stereocenters. The van der Waals surface area contributed by atoms with Crippen molar-refractivity contribution in [1.29, 1.82) is 0 Å². The van der Waals surface area contributed by atoms with Gasteiger partial charge in [0.2, 0.25) is 0 Å². The van der Waals surface area contributed by atoms with E-state index >= 15 is 0 Å². The van der Waals surface area contributed by atoms with Crippen molar-refractivity contribution in [1.82, 2.24) is 3.96 Å². The van der Waals surface area contributed by atoms with Crippen LogP contribution in [0, 0.1) is 18.8 Å². The average molecular weight is 295 g/mol. The molecule has 0 aliphatic carbocycles. The maximum absolute atomic E-state index is 12.4. The second-order valence-electron chi connectivity index (χ2n) is 4.65. The quantitative estimate of drug-likeness (QED) is 0.701. The maximum atomic E-state index is 12.4. The van der Waals surface area contributed by atoms with Gasteiger partial charge < -0.3 is 5.11 Å². The van der Waals surface area contributed by atoms with Crippen molar-refractivity contribution in [3.8, 4) is 17.5 Å². The Bertz CT molecular complexity index is 925. The summed E-state index contributed by atoms with van der Waals surface area (Å²) in [5, 5.41) is 9.49. The first-order valence-electron chi connectivity index (χ1n) is 6.52. The first-order valence-corrected chi connectivity index (χ1v) is 7.30. The summed E-state index contributed by atoms with van der Waals surface area (Å²) in [6.45, 7) is 1.79. The summed E-state index contributed by atoms with van der Waals surface area (Å²) in [6.07, 6.45) is 0. The molecule has 1 heterocycles. The molecule has 0 amide bonds. The average Bonchev–Trinajstić information content (AvgIpc) is 2.84. The van der Waals surface area contributed by atoms with Gasteiger partial charge >= 0.3 is 0 Å². The number of fused-ring (bicyclic) bond motifs is 1. The predicted molar refractivity (Wildman–Crippen MR) is 86.1 cm³/mol. The van der Waals surface area contributed by atoms with Crippen LogP contribution in [-0.4, -0.2) is 15.7 Å². The van der Waals surface area contributed by atoms with Gasteiger partial charge in [0, 0.05) is 5.56 Å². The molecular formula is C17H13NO2S. The number of hydrogen-bond donors (Lipinski definition) is 1. The zero-order chi connectivity index (χ0) is 14.8. The van der Waals surface area contributed by atoms with E-state index in [-0.39, 0.29) is 12.2 Å². The lowest BCUT2D eigenvalue weighted by Crippen LogP contribution is -2.10. The summed E-state index contributed by atoms with van der Waals surface area (Å²) in [6, 6.07) is 13.3. The van der Waals surface area contributed by atoms with E-state index in [1.54, 1.807) is 3.96 Å². The fourth-order valence-corrected chi connectivity index (χ4v) is 3.18. The zero-order valence-corrected chi connectivity index (χ0v) is 12.3. The van der Waals surface area contributed by atoms with Gasteiger partial charge in [-0.15, -0.1) is 0 Å². The third kappa shape index (κ3) is 2.49.